The SMILES string of the molecule is Cc1nc2cc(Cl)cc(C(=O)NCCc3ccc(CCC(=O)O)cc3)c2o1. The molecule has 0 atom stereocenters. The van der Waals surface area contributed by atoms with Crippen molar-refractivity contribution in [3.63, 3.8) is 0 Å². The van der Waals surface area contributed by atoms with Crippen molar-refractivity contribution >= 4 is 34.6 Å². The number of aromatic nitrogens is 1. The first-order chi connectivity index (χ1) is 12.9. The molecular formula is C20H19ClN2O4. The van der Waals surface area contributed by atoms with Crippen molar-refractivity contribution in [2.45, 2.75) is 26.2 Å². The summed E-state index contributed by atoms with van der Waals surface area (Å²) in [5.74, 6) is -0.597. The number of hydrogen-bond donors (Lipinski definition) is 2. The number of carboxylic acid groups (broad SMARTS) is 1. The van der Waals surface area contributed by atoms with E-state index in [-0.39, 0.29) is 12.3 Å². The molecule has 140 valence electrons. The van der Waals surface area contributed by atoms with Gasteiger partial charge in [0.2, 0.25) is 0 Å². The molecule has 0 saturated carbocycles. The van der Waals surface area contributed by atoms with Crippen LogP contribution in [0.25, 0.3) is 11.1 Å². The average Bonchev–Trinajstić information content (AvgIpc) is 3.00. The maximum absolute atomic E-state index is 12.5. The molecule has 3 aromatic rings. The van der Waals surface area contributed by atoms with Gasteiger partial charge in [0, 0.05) is 24.9 Å². The Kier molecular flexibility index (Phi) is 5.76. The molecule has 0 aliphatic rings. The van der Waals surface area contributed by atoms with Crippen LogP contribution in [0.1, 0.15) is 33.8 Å². The van der Waals surface area contributed by atoms with Crippen molar-refractivity contribution < 1.29 is 19.1 Å². The second-order valence-corrected chi connectivity index (χ2v) is 6.69. The van der Waals surface area contributed by atoms with Crippen LogP contribution in [0.15, 0.2) is 40.8 Å². The second kappa shape index (κ2) is 8.22. The molecule has 0 saturated heterocycles. The van der Waals surface area contributed by atoms with Crippen molar-refractivity contribution in [2.75, 3.05) is 6.54 Å². The highest BCUT2D eigenvalue weighted by molar-refractivity contribution is 6.32. The molecule has 1 amide bonds. The maximum Gasteiger partial charge on any atom is 0.303 e. The van der Waals surface area contributed by atoms with Crippen molar-refractivity contribution in [1.82, 2.24) is 10.3 Å². The minimum atomic E-state index is -0.807. The van der Waals surface area contributed by atoms with Crippen LogP contribution in [-0.2, 0) is 17.6 Å². The van der Waals surface area contributed by atoms with Crippen LogP contribution in [0.2, 0.25) is 5.02 Å². The zero-order chi connectivity index (χ0) is 19.4. The van der Waals surface area contributed by atoms with Crippen LogP contribution >= 0.6 is 11.6 Å². The van der Waals surface area contributed by atoms with E-state index in [1.807, 2.05) is 24.3 Å². The molecule has 0 bridgehead atoms. The summed E-state index contributed by atoms with van der Waals surface area (Å²) in [5, 5.41) is 12.0. The smallest absolute Gasteiger partial charge is 0.303 e. The fraction of sp³-hybridized carbons (Fsp3) is 0.250. The number of amides is 1. The third-order valence-corrected chi connectivity index (χ3v) is 4.37. The molecule has 0 unspecified atom stereocenters. The zero-order valence-electron chi connectivity index (χ0n) is 14.8. The number of fused-ring (bicyclic) bond motifs is 1. The number of nitrogens with one attached hydrogen (secondary N) is 1. The predicted molar refractivity (Wildman–Crippen MR) is 102 cm³/mol. The van der Waals surface area contributed by atoms with E-state index in [2.05, 4.69) is 10.3 Å². The average molecular weight is 387 g/mol. The topological polar surface area (TPSA) is 92.4 Å². The lowest BCUT2D eigenvalue weighted by molar-refractivity contribution is -0.136. The monoisotopic (exact) mass is 386 g/mol. The molecule has 0 spiro atoms. The fourth-order valence-corrected chi connectivity index (χ4v) is 3.03. The van der Waals surface area contributed by atoms with Gasteiger partial charge in [0.1, 0.15) is 5.52 Å². The number of aliphatic carboxylic acids is 1. The summed E-state index contributed by atoms with van der Waals surface area (Å²) in [4.78, 5) is 27.3. The highest BCUT2D eigenvalue weighted by Gasteiger charge is 2.16. The number of benzene rings is 2. The Morgan fingerprint density at radius 3 is 2.48 bits per heavy atom. The number of oxazole rings is 1. The Morgan fingerprint density at radius 1 is 1.15 bits per heavy atom. The van der Waals surface area contributed by atoms with Gasteiger partial charge in [-0.05, 0) is 36.1 Å². The molecule has 27 heavy (non-hydrogen) atoms. The molecule has 2 N–H and O–H groups in total. The summed E-state index contributed by atoms with van der Waals surface area (Å²) in [7, 11) is 0. The summed E-state index contributed by atoms with van der Waals surface area (Å²) in [6, 6.07) is 11.0. The molecule has 6 nitrogen and oxygen atoms in total. The molecule has 1 aromatic heterocycles. The first kappa shape index (κ1) is 18.9. The molecular weight excluding hydrogens is 368 g/mol. The number of halogens is 1. The Bertz CT molecular complexity index is 980. The third kappa shape index (κ3) is 4.86. The van der Waals surface area contributed by atoms with Crippen LogP contribution in [0.5, 0.6) is 0 Å². The summed E-state index contributed by atoms with van der Waals surface area (Å²) in [5.41, 5.74) is 3.38. The van der Waals surface area contributed by atoms with E-state index in [4.69, 9.17) is 21.1 Å². The van der Waals surface area contributed by atoms with E-state index in [1.54, 1.807) is 19.1 Å². The van der Waals surface area contributed by atoms with Crippen LogP contribution in [0.3, 0.4) is 0 Å². The lowest BCUT2D eigenvalue weighted by Crippen LogP contribution is -2.25. The van der Waals surface area contributed by atoms with E-state index >= 15 is 0 Å². The third-order valence-electron chi connectivity index (χ3n) is 4.16. The Labute approximate surface area is 161 Å². The highest BCUT2D eigenvalue weighted by Crippen LogP contribution is 2.24. The van der Waals surface area contributed by atoms with E-state index in [0.29, 0.717) is 47.0 Å². The largest absolute Gasteiger partial charge is 0.481 e. The number of carboxylic acids is 1. The van der Waals surface area contributed by atoms with Crippen LogP contribution in [-0.4, -0.2) is 28.5 Å². The number of rotatable bonds is 7. The molecule has 0 aliphatic carbocycles. The van der Waals surface area contributed by atoms with Gasteiger partial charge in [-0.2, -0.15) is 0 Å². The number of aryl methyl sites for hydroxylation is 2. The molecule has 2 aromatic carbocycles. The van der Waals surface area contributed by atoms with Crippen molar-refractivity contribution in [3.8, 4) is 0 Å². The molecule has 1 heterocycles. The van der Waals surface area contributed by atoms with Gasteiger partial charge in [0.05, 0.1) is 5.56 Å². The Morgan fingerprint density at radius 2 is 1.81 bits per heavy atom. The molecule has 3 rings (SSSR count). The van der Waals surface area contributed by atoms with Gasteiger partial charge >= 0.3 is 5.97 Å². The van der Waals surface area contributed by atoms with Gasteiger partial charge in [-0.15, -0.1) is 0 Å². The lowest BCUT2D eigenvalue weighted by Gasteiger charge is -2.07. The predicted octanol–water partition coefficient (Wildman–Crippen LogP) is 3.78. The first-order valence-corrected chi connectivity index (χ1v) is 8.94. The summed E-state index contributed by atoms with van der Waals surface area (Å²) in [6.07, 6.45) is 1.28. The van der Waals surface area contributed by atoms with Gasteiger partial charge < -0.3 is 14.8 Å². The van der Waals surface area contributed by atoms with E-state index in [1.165, 1.54) is 0 Å². The summed E-state index contributed by atoms with van der Waals surface area (Å²) < 4.78 is 5.52. The molecule has 7 heteroatoms. The zero-order valence-corrected chi connectivity index (χ0v) is 15.5. The first-order valence-electron chi connectivity index (χ1n) is 8.57. The normalized spacial score (nSPS) is 10.9. The molecule has 0 aliphatic heterocycles. The maximum atomic E-state index is 12.5. The van der Waals surface area contributed by atoms with Gasteiger partial charge in [-0.25, -0.2) is 4.98 Å². The minimum Gasteiger partial charge on any atom is -0.481 e. The lowest BCUT2D eigenvalue weighted by atomic mass is 10.1. The summed E-state index contributed by atoms with van der Waals surface area (Å²) >= 11 is 6.07. The van der Waals surface area contributed by atoms with E-state index in [0.717, 1.165) is 11.1 Å². The van der Waals surface area contributed by atoms with Crippen LogP contribution in [0.4, 0.5) is 0 Å². The minimum absolute atomic E-state index is 0.116. The van der Waals surface area contributed by atoms with Crippen LogP contribution in [0, 0.1) is 6.92 Å². The standard InChI is InChI=1S/C20H19ClN2O4/c1-12-23-17-11-15(21)10-16(19(17)27-12)20(26)22-9-8-14-4-2-13(3-5-14)6-7-18(24)25/h2-5,10-11H,6-9H2,1H3,(H,22,26)(H,24,25). The number of carbonyl (C=O) groups is 2. The van der Waals surface area contributed by atoms with Crippen molar-refractivity contribution in [3.05, 3.63) is 64.0 Å². The number of hydrogen-bond acceptors (Lipinski definition) is 4. The Hall–Kier alpha value is -2.86. The molecule has 0 radical (unpaired) electrons. The quantitative estimate of drug-likeness (QED) is 0.644. The van der Waals surface area contributed by atoms with E-state index < -0.39 is 5.97 Å². The highest BCUT2D eigenvalue weighted by atomic mass is 35.5. The second-order valence-electron chi connectivity index (χ2n) is 6.25. The van der Waals surface area contributed by atoms with Crippen LogP contribution < -0.4 is 5.32 Å². The number of carbonyl (C=O) groups excluding carboxylic acids is 1. The molecule has 0 fully saturated rings. The fourth-order valence-electron chi connectivity index (χ4n) is 2.82. The van der Waals surface area contributed by atoms with Gasteiger partial charge in [-0.3, -0.25) is 9.59 Å². The van der Waals surface area contributed by atoms with Gasteiger partial charge in [0.15, 0.2) is 11.5 Å². The van der Waals surface area contributed by atoms with Gasteiger partial charge in [0.25, 0.3) is 5.91 Å². The number of nitrogens with zero attached hydrogens (tertiary/aromatic N) is 1. The Balaban J connectivity index is 1.59. The van der Waals surface area contributed by atoms with E-state index in [9.17, 15) is 9.59 Å². The van der Waals surface area contributed by atoms with Gasteiger partial charge in [-0.1, -0.05) is 35.9 Å². The van der Waals surface area contributed by atoms with Crippen molar-refractivity contribution in [1.29, 1.82) is 0 Å². The summed E-state index contributed by atoms with van der Waals surface area (Å²) in [6.45, 7) is 2.17. The van der Waals surface area contributed by atoms with Crippen molar-refractivity contribution in [2.24, 2.45) is 0 Å².